The van der Waals surface area contributed by atoms with Crippen molar-refractivity contribution < 1.29 is 18.0 Å². The fourth-order valence-corrected chi connectivity index (χ4v) is 3.29. The molecule has 0 unspecified atom stereocenters. The number of anilines is 3. The maximum atomic E-state index is 13.8. The molecule has 5 nitrogen and oxygen atoms in total. The van der Waals surface area contributed by atoms with Gasteiger partial charge in [-0.15, -0.1) is 0 Å². The van der Waals surface area contributed by atoms with Gasteiger partial charge in [-0.25, -0.2) is 13.8 Å². The zero-order chi connectivity index (χ0) is 21.8. The minimum Gasteiger partial charge on any atom is -0.423 e. The zero-order valence-corrected chi connectivity index (χ0v) is 16.9. The lowest BCUT2D eigenvalue weighted by Crippen LogP contribution is -2.13. The summed E-state index contributed by atoms with van der Waals surface area (Å²) in [5, 5.41) is 5.88. The largest absolute Gasteiger partial charge is 0.423 e. The monoisotopic (exact) mass is 421 g/mol. The molecular weight excluding hydrogens is 400 g/mol. The number of carbonyl (C=O) groups excluding carboxylic acids is 1. The molecule has 0 saturated carbocycles. The second kappa shape index (κ2) is 8.95. The zero-order valence-electron chi connectivity index (χ0n) is 16.9. The summed E-state index contributed by atoms with van der Waals surface area (Å²) in [6.45, 7) is 1.91. The average Bonchev–Trinajstić information content (AvgIpc) is 3.22. The van der Waals surface area contributed by atoms with Crippen molar-refractivity contribution in [1.82, 2.24) is 4.98 Å². The van der Waals surface area contributed by atoms with Crippen molar-refractivity contribution in [3.05, 3.63) is 83.6 Å². The van der Waals surface area contributed by atoms with Crippen molar-refractivity contribution in [3.8, 4) is 11.3 Å². The summed E-state index contributed by atoms with van der Waals surface area (Å²) >= 11 is 0. The number of nitrogens with one attached hydrogen (secondary N) is 2. The number of carbonyl (C=O) groups is 1. The van der Waals surface area contributed by atoms with Crippen molar-refractivity contribution in [2.75, 3.05) is 10.6 Å². The number of halogens is 2. The normalized spacial score (nSPS) is 13.7. The molecule has 4 rings (SSSR count). The molecule has 2 aromatic carbocycles. The minimum absolute atomic E-state index is 0.119. The lowest BCUT2D eigenvalue weighted by molar-refractivity contribution is -0.115. The molecule has 0 bridgehead atoms. The standard InChI is InChI=1S/C24H21F2N3O2/c1-15-7-10-19(28-23(30)11-17-8-9-18(25)12-20(17)26)13-21(15)29-24-27-14-22(31-24)16-5-3-2-4-6-16/h2-7,10,12-14H,8-9,11H2,1H3,(H,27,29)(H,28,30). The number of aryl methyl sites for hydroxylation is 1. The Balaban J connectivity index is 1.45. The van der Waals surface area contributed by atoms with Crippen LogP contribution in [0.25, 0.3) is 11.3 Å². The Morgan fingerprint density at radius 2 is 1.94 bits per heavy atom. The van der Waals surface area contributed by atoms with Crippen LogP contribution in [-0.4, -0.2) is 10.9 Å². The number of aromatic nitrogens is 1. The van der Waals surface area contributed by atoms with E-state index in [-0.39, 0.29) is 25.2 Å². The maximum Gasteiger partial charge on any atom is 0.299 e. The van der Waals surface area contributed by atoms with Crippen LogP contribution in [0.4, 0.5) is 26.2 Å². The van der Waals surface area contributed by atoms with Gasteiger partial charge in [0.05, 0.1) is 12.6 Å². The predicted molar refractivity (Wildman–Crippen MR) is 116 cm³/mol. The van der Waals surface area contributed by atoms with Gasteiger partial charge in [-0.3, -0.25) is 4.79 Å². The molecule has 2 N–H and O–H groups in total. The van der Waals surface area contributed by atoms with E-state index in [2.05, 4.69) is 15.6 Å². The van der Waals surface area contributed by atoms with Gasteiger partial charge in [0, 0.05) is 29.4 Å². The molecular formula is C24H21F2N3O2. The van der Waals surface area contributed by atoms with Gasteiger partial charge in [0.25, 0.3) is 6.01 Å². The summed E-state index contributed by atoms with van der Waals surface area (Å²) in [5.41, 5.74) is 3.41. The first-order chi connectivity index (χ1) is 15.0. The minimum atomic E-state index is -0.664. The number of allylic oxidation sites excluding steroid dienone is 3. The first kappa shape index (κ1) is 20.5. The molecule has 1 amide bonds. The highest BCUT2D eigenvalue weighted by atomic mass is 19.1. The van der Waals surface area contributed by atoms with E-state index in [0.717, 1.165) is 17.2 Å². The average molecular weight is 421 g/mol. The number of rotatable bonds is 6. The molecule has 0 radical (unpaired) electrons. The van der Waals surface area contributed by atoms with E-state index in [1.807, 2.05) is 43.3 Å². The van der Waals surface area contributed by atoms with Crippen LogP contribution in [0.15, 0.2) is 82.4 Å². The SMILES string of the molecule is Cc1ccc(NC(=O)CC2=C(F)C=C(F)CC2)cc1Nc1ncc(-c2ccccc2)o1. The van der Waals surface area contributed by atoms with Crippen LogP contribution in [0.1, 0.15) is 24.8 Å². The van der Waals surface area contributed by atoms with Crippen molar-refractivity contribution >= 4 is 23.3 Å². The Morgan fingerprint density at radius 1 is 1.13 bits per heavy atom. The highest BCUT2D eigenvalue weighted by Gasteiger charge is 2.17. The highest BCUT2D eigenvalue weighted by molar-refractivity contribution is 5.93. The molecule has 0 saturated heterocycles. The molecule has 0 atom stereocenters. The molecule has 1 aromatic heterocycles. The number of amides is 1. The Labute approximate surface area is 178 Å². The molecule has 1 aliphatic carbocycles. The fraction of sp³-hybridized carbons (Fsp3) is 0.167. The third kappa shape index (κ3) is 5.06. The molecule has 158 valence electrons. The van der Waals surface area contributed by atoms with Gasteiger partial charge in [-0.2, -0.15) is 0 Å². The van der Waals surface area contributed by atoms with Crippen LogP contribution in [-0.2, 0) is 4.79 Å². The summed E-state index contributed by atoms with van der Waals surface area (Å²) in [7, 11) is 0. The topological polar surface area (TPSA) is 67.2 Å². The summed E-state index contributed by atoms with van der Waals surface area (Å²) in [5.74, 6) is -0.891. The van der Waals surface area contributed by atoms with Crippen LogP contribution in [0, 0.1) is 6.92 Å². The molecule has 3 aromatic rings. The van der Waals surface area contributed by atoms with Crippen molar-refractivity contribution in [1.29, 1.82) is 0 Å². The first-order valence-electron chi connectivity index (χ1n) is 9.90. The predicted octanol–water partition coefficient (Wildman–Crippen LogP) is 6.59. The van der Waals surface area contributed by atoms with Crippen LogP contribution in [0.2, 0.25) is 0 Å². The van der Waals surface area contributed by atoms with Gasteiger partial charge >= 0.3 is 0 Å². The van der Waals surface area contributed by atoms with Gasteiger partial charge in [0.15, 0.2) is 5.76 Å². The third-order valence-corrected chi connectivity index (χ3v) is 4.99. The molecule has 1 heterocycles. The summed E-state index contributed by atoms with van der Waals surface area (Å²) in [6.07, 6.45) is 2.70. The van der Waals surface area contributed by atoms with E-state index in [0.29, 0.717) is 28.7 Å². The van der Waals surface area contributed by atoms with Gasteiger partial charge in [-0.05, 0) is 36.6 Å². The number of hydrogen-bond donors (Lipinski definition) is 2. The maximum absolute atomic E-state index is 13.8. The van der Waals surface area contributed by atoms with Crippen molar-refractivity contribution in [2.24, 2.45) is 0 Å². The number of nitrogens with zero attached hydrogens (tertiary/aromatic N) is 1. The second-order valence-corrected chi connectivity index (χ2v) is 7.32. The van der Waals surface area contributed by atoms with Crippen LogP contribution in [0.3, 0.4) is 0 Å². The van der Waals surface area contributed by atoms with Gasteiger partial charge in [-0.1, -0.05) is 36.4 Å². The van der Waals surface area contributed by atoms with Crippen LogP contribution in [0.5, 0.6) is 0 Å². The molecule has 1 aliphatic rings. The lowest BCUT2D eigenvalue weighted by atomic mass is 10.00. The quantitative estimate of drug-likeness (QED) is 0.471. The van der Waals surface area contributed by atoms with Crippen molar-refractivity contribution in [3.63, 3.8) is 0 Å². The number of hydrogen-bond acceptors (Lipinski definition) is 4. The molecule has 0 fully saturated rings. The lowest BCUT2D eigenvalue weighted by Gasteiger charge is -2.13. The van der Waals surface area contributed by atoms with Crippen LogP contribution < -0.4 is 10.6 Å². The first-order valence-corrected chi connectivity index (χ1v) is 9.90. The Hall–Kier alpha value is -3.74. The van der Waals surface area contributed by atoms with Gasteiger partial charge < -0.3 is 15.1 Å². The molecule has 7 heteroatoms. The Morgan fingerprint density at radius 3 is 2.71 bits per heavy atom. The van der Waals surface area contributed by atoms with E-state index in [1.165, 1.54) is 0 Å². The second-order valence-electron chi connectivity index (χ2n) is 7.32. The summed E-state index contributed by atoms with van der Waals surface area (Å²) < 4.78 is 32.7. The van der Waals surface area contributed by atoms with Gasteiger partial charge in [0.1, 0.15) is 11.7 Å². The van der Waals surface area contributed by atoms with E-state index in [9.17, 15) is 13.6 Å². The van der Waals surface area contributed by atoms with E-state index in [1.54, 1.807) is 18.3 Å². The van der Waals surface area contributed by atoms with Crippen LogP contribution >= 0.6 is 0 Å². The van der Waals surface area contributed by atoms with E-state index in [4.69, 9.17) is 4.42 Å². The summed E-state index contributed by atoms with van der Waals surface area (Å²) in [6, 6.07) is 15.3. The van der Waals surface area contributed by atoms with E-state index < -0.39 is 11.7 Å². The fourth-order valence-electron chi connectivity index (χ4n) is 3.29. The van der Waals surface area contributed by atoms with Crippen molar-refractivity contribution in [2.45, 2.75) is 26.2 Å². The number of oxazole rings is 1. The molecule has 0 aliphatic heterocycles. The molecule has 31 heavy (non-hydrogen) atoms. The summed E-state index contributed by atoms with van der Waals surface area (Å²) in [4.78, 5) is 16.6. The highest BCUT2D eigenvalue weighted by Crippen LogP contribution is 2.29. The van der Waals surface area contributed by atoms with E-state index >= 15 is 0 Å². The Bertz CT molecular complexity index is 1170. The molecule has 0 spiro atoms. The van der Waals surface area contributed by atoms with Gasteiger partial charge in [0.2, 0.25) is 5.91 Å². The third-order valence-electron chi connectivity index (χ3n) is 4.99. The Kier molecular flexibility index (Phi) is 5.93. The smallest absolute Gasteiger partial charge is 0.299 e. The number of benzene rings is 2.